The summed E-state index contributed by atoms with van der Waals surface area (Å²) in [5, 5.41) is 31.2. The van der Waals surface area contributed by atoms with Crippen molar-refractivity contribution in [1.82, 2.24) is 29.1 Å². The van der Waals surface area contributed by atoms with E-state index >= 15 is 0 Å². The number of benzene rings is 10. The fourth-order valence-electron chi connectivity index (χ4n) is 11.8. The lowest BCUT2D eigenvalue weighted by molar-refractivity contribution is 1.04. The van der Waals surface area contributed by atoms with Crippen molar-refractivity contribution in [3.05, 3.63) is 242 Å². The molecular formula is C70H38N8S2. The van der Waals surface area contributed by atoms with Crippen LogP contribution in [0.15, 0.2) is 231 Å². The van der Waals surface area contributed by atoms with Gasteiger partial charge in [0, 0.05) is 84.1 Å². The molecule has 16 rings (SSSR count). The molecule has 0 N–H and O–H groups in total. The number of para-hydroxylation sites is 2. The van der Waals surface area contributed by atoms with Gasteiger partial charge < -0.3 is 0 Å². The molecule has 0 unspecified atom stereocenters. The van der Waals surface area contributed by atoms with Gasteiger partial charge in [0.2, 0.25) is 0 Å². The Kier molecular flexibility index (Phi) is 10.2. The van der Waals surface area contributed by atoms with Crippen molar-refractivity contribution in [1.29, 1.82) is 10.5 Å². The van der Waals surface area contributed by atoms with Gasteiger partial charge in [0.05, 0.1) is 33.5 Å². The number of thiophene rings is 2. The van der Waals surface area contributed by atoms with Crippen molar-refractivity contribution >= 4 is 107 Å². The van der Waals surface area contributed by atoms with E-state index in [2.05, 4.69) is 149 Å². The predicted molar refractivity (Wildman–Crippen MR) is 329 cm³/mol. The van der Waals surface area contributed by atoms with Crippen LogP contribution in [0.2, 0.25) is 0 Å². The van der Waals surface area contributed by atoms with Gasteiger partial charge >= 0.3 is 0 Å². The number of nitrogens with zero attached hydrogens (tertiary/aromatic N) is 8. The van der Waals surface area contributed by atoms with E-state index in [4.69, 9.17) is 19.9 Å². The number of nitriles is 2. The van der Waals surface area contributed by atoms with Crippen molar-refractivity contribution in [2.75, 3.05) is 0 Å². The monoisotopic (exact) mass is 1050 g/mol. The third-order valence-electron chi connectivity index (χ3n) is 15.4. The Morgan fingerprint density at radius 3 is 1.36 bits per heavy atom. The van der Waals surface area contributed by atoms with E-state index in [9.17, 15) is 10.5 Å². The standard InChI is InChI=1S/C70H38N8S2/c71-39-55-65(41-17-4-1-5-18-41)73-67(43-21-8-3-9-22-43)75-69(55)78-57-28-13-10-25-47(57)50-35-53-52-34-45(31-32-62(52)80-64(53)38-60(50)78)44-23-16-24-46(33-44)68-74-66(42-19-6-2-7-20-42)56(40-72)70(76-68)77-58-29-14-11-26-48(58)51-37-63-54(36-59(51)77)49-27-12-15-30-61(49)79-63/h1-38H. The lowest BCUT2D eigenvalue weighted by Crippen LogP contribution is -2.07. The molecule has 0 fully saturated rings. The highest BCUT2D eigenvalue weighted by atomic mass is 32.1. The predicted octanol–water partition coefficient (Wildman–Crippen LogP) is 18.3. The fraction of sp³-hybridized carbons (Fsp3) is 0. The maximum Gasteiger partial charge on any atom is 0.162 e. The number of rotatable bonds is 7. The molecule has 8 nitrogen and oxygen atoms in total. The second-order valence-electron chi connectivity index (χ2n) is 19.9. The van der Waals surface area contributed by atoms with Crippen LogP contribution in [0.4, 0.5) is 0 Å². The van der Waals surface area contributed by atoms with Crippen molar-refractivity contribution in [3.63, 3.8) is 0 Å². The smallest absolute Gasteiger partial charge is 0.162 e. The molecule has 80 heavy (non-hydrogen) atoms. The first kappa shape index (κ1) is 45.6. The molecule has 370 valence electrons. The van der Waals surface area contributed by atoms with E-state index in [1.807, 2.05) is 103 Å². The van der Waals surface area contributed by atoms with Crippen LogP contribution in [0.5, 0.6) is 0 Å². The average Bonchev–Trinajstić information content (AvgIpc) is 4.31. The summed E-state index contributed by atoms with van der Waals surface area (Å²) in [7, 11) is 0. The van der Waals surface area contributed by atoms with Gasteiger partial charge in [-0.25, -0.2) is 19.9 Å². The maximum atomic E-state index is 11.2. The zero-order valence-electron chi connectivity index (χ0n) is 42.3. The van der Waals surface area contributed by atoms with Crippen molar-refractivity contribution in [2.24, 2.45) is 0 Å². The highest BCUT2D eigenvalue weighted by Crippen LogP contribution is 2.45. The largest absolute Gasteiger partial charge is 0.293 e. The Morgan fingerprint density at radius 1 is 0.287 bits per heavy atom. The van der Waals surface area contributed by atoms with Gasteiger partial charge in [-0.2, -0.15) is 10.5 Å². The summed E-state index contributed by atoms with van der Waals surface area (Å²) < 4.78 is 9.04. The van der Waals surface area contributed by atoms with Crippen LogP contribution in [-0.2, 0) is 0 Å². The van der Waals surface area contributed by atoms with Crippen LogP contribution < -0.4 is 0 Å². The summed E-state index contributed by atoms with van der Waals surface area (Å²) in [6.45, 7) is 0. The molecule has 0 saturated carbocycles. The molecule has 10 aromatic carbocycles. The van der Waals surface area contributed by atoms with Crippen molar-refractivity contribution in [3.8, 4) is 80.2 Å². The SMILES string of the molecule is N#Cc1c(-c2ccccc2)nc(-c2ccccc2)nc1-n1c2ccccc2c2cc3c(cc21)sc1ccc(-c2cccc(-c4nc(-c5ccccc5)c(C#N)c(-n5c6ccccc6c6cc7sc8ccccc8c7cc65)n4)c2)cc13. The fourth-order valence-corrected chi connectivity index (χ4v) is 14.0. The first-order valence-corrected chi connectivity index (χ1v) is 27.9. The summed E-state index contributed by atoms with van der Waals surface area (Å²) in [6.07, 6.45) is 0. The molecular weight excluding hydrogens is 1020 g/mol. The van der Waals surface area contributed by atoms with E-state index in [0.717, 1.165) is 97.2 Å². The minimum absolute atomic E-state index is 0.400. The summed E-state index contributed by atoms with van der Waals surface area (Å²) in [6, 6.07) is 84.5. The van der Waals surface area contributed by atoms with Crippen molar-refractivity contribution in [2.45, 2.75) is 0 Å². The summed E-state index contributed by atoms with van der Waals surface area (Å²) in [4.78, 5) is 21.0. The van der Waals surface area contributed by atoms with Gasteiger partial charge in [-0.1, -0.05) is 170 Å². The van der Waals surface area contributed by atoms with E-state index in [0.29, 0.717) is 45.8 Å². The molecule has 0 aliphatic rings. The van der Waals surface area contributed by atoms with Crippen LogP contribution >= 0.6 is 22.7 Å². The zero-order valence-corrected chi connectivity index (χ0v) is 44.0. The number of fused-ring (bicyclic) bond motifs is 12. The maximum absolute atomic E-state index is 11.2. The van der Waals surface area contributed by atoms with Gasteiger partial charge in [0.15, 0.2) is 23.3 Å². The Bertz CT molecular complexity index is 5330. The molecule has 0 bridgehead atoms. The first-order chi connectivity index (χ1) is 39.6. The van der Waals surface area contributed by atoms with Gasteiger partial charge in [-0.05, 0) is 71.8 Å². The summed E-state index contributed by atoms with van der Waals surface area (Å²) in [5.74, 6) is 2.13. The highest BCUT2D eigenvalue weighted by Gasteiger charge is 2.26. The highest BCUT2D eigenvalue weighted by molar-refractivity contribution is 7.26. The molecule has 6 aromatic heterocycles. The second kappa shape index (κ2) is 18.0. The van der Waals surface area contributed by atoms with Crippen LogP contribution in [0, 0.1) is 22.7 Å². The molecule has 10 heteroatoms. The lowest BCUT2D eigenvalue weighted by Gasteiger charge is -2.15. The van der Waals surface area contributed by atoms with Crippen LogP contribution in [0.3, 0.4) is 0 Å². The Hall–Kier alpha value is -10.6. The molecule has 0 aliphatic heterocycles. The average molecular weight is 1060 g/mol. The minimum Gasteiger partial charge on any atom is -0.293 e. The summed E-state index contributed by atoms with van der Waals surface area (Å²) in [5.41, 5.74) is 11.2. The number of hydrogen-bond acceptors (Lipinski definition) is 8. The normalized spacial score (nSPS) is 11.7. The van der Waals surface area contributed by atoms with Crippen molar-refractivity contribution < 1.29 is 0 Å². The van der Waals surface area contributed by atoms with Gasteiger partial charge in [0.1, 0.15) is 23.3 Å². The lowest BCUT2D eigenvalue weighted by atomic mass is 10.00. The van der Waals surface area contributed by atoms with E-state index in [1.54, 1.807) is 22.7 Å². The molecule has 16 aromatic rings. The molecule has 6 heterocycles. The number of aromatic nitrogens is 6. The Balaban J connectivity index is 0.863. The molecule has 0 saturated heterocycles. The topological polar surface area (TPSA) is 109 Å². The molecule has 0 atom stereocenters. The second-order valence-corrected chi connectivity index (χ2v) is 22.1. The summed E-state index contributed by atoms with van der Waals surface area (Å²) >= 11 is 3.55. The van der Waals surface area contributed by atoms with E-state index in [1.165, 1.54) is 20.2 Å². The van der Waals surface area contributed by atoms with Crippen LogP contribution in [-0.4, -0.2) is 29.1 Å². The number of hydrogen-bond donors (Lipinski definition) is 0. The Morgan fingerprint density at radius 2 is 0.738 bits per heavy atom. The Labute approximate surface area is 465 Å². The van der Waals surface area contributed by atoms with Gasteiger partial charge in [0.25, 0.3) is 0 Å². The molecule has 0 amide bonds. The first-order valence-electron chi connectivity index (χ1n) is 26.2. The minimum atomic E-state index is 0.400. The molecule has 0 spiro atoms. The third-order valence-corrected chi connectivity index (χ3v) is 17.7. The van der Waals surface area contributed by atoms with Crippen LogP contribution in [0.25, 0.3) is 152 Å². The quantitative estimate of drug-likeness (QED) is 0.157. The molecule has 0 radical (unpaired) electrons. The molecule has 0 aliphatic carbocycles. The van der Waals surface area contributed by atoms with Gasteiger partial charge in [-0.3, -0.25) is 9.13 Å². The van der Waals surface area contributed by atoms with Gasteiger partial charge in [-0.15, -0.1) is 22.7 Å². The van der Waals surface area contributed by atoms with Crippen LogP contribution in [0.1, 0.15) is 11.1 Å². The zero-order chi connectivity index (χ0) is 53.0. The van der Waals surface area contributed by atoms with E-state index in [-0.39, 0.29) is 0 Å². The van der Waals surface area contributed by atoms with E-state index < -0.39 is 0 Å². The third kappa shape index (κ3) is 7.04.